The van der Waals surface area contributed by atoms with E-state index in [1.165, 1.54) is 18.3 Å². The number of aromatic hydroxyl groups is 2. The number of rotatable bonds is 5. The minimum atomic E-state index is -0.206. The number of hydrogen-bond donors (Lipinski definition) is 3. The number of aromatic nitrogens is 2. The Bertz CT molecular complexity index is 1090. The second kappa shape index (κ2) is 8.22. The highest BCUT2D eigenvalue weighted by Crippen LogP contribution is 2.26. The van der Waals surface area contributed by atoms with E-state index in [0.717, 1.165) is 22.5 Å². The maximum absolute atomic E-state index is 9.58. The second-order valence-corrected chi connectivity index (χ2v) is 6.31. The van der Waals surface area contributed by atoms with E-state index in [4.69, 9.17) is 0 Å². The van der Waals surface area contributed by atoms with Crippen molar-refractivity contribution in [3.8, 4) is 34.0 Å². The van der Waals surface area contributed by atoms with Gasteiger partial charge in [0.05, 0.1) is 17.6 Å². The summed E-state index contributed by atoms with van der Waals surface area (Å²) in [7, 11) is 0. The van der Waals surface area contributed by atoms with Crippen molar-refractivity contribution in [3.05, 3.63) is 90.5 Å². The zero-order valence-electron chi connectivity index (χ0n) is 15.4. The number of nitrogens with zero attached hydrogens (tertiary/aromatic N) is 3. The summed E-state index contributed by atoms with van der Waals surface area (Å²) >= 11 is 0. The largest absolute Gasteiger partial charge is 0.504 e. The Morgan fingerprint density at radius 1 is 0.690 bits per heavy atom. The second-order valence-electron chi connectivity index (χ2n) is 6.31. The molecule has 4 rings (SSSR count). The first-order chi connectivity index (χ1) is 14.2. The monoisotopic (exact) mass is 382 g/mol. The van der Waals surface area contributed by atoms with Crippen LogP contribution in [-0.4, -0.2) is 26.4 Å². The van der Waals surface area contributed by atoms with Crippen LogP contribution in [0.15, 0.2) is 90.0 Å². The number of benzene rings is 3. The molecule has 4 aromatic rings. The van der Waals surface area contributed by atoms with Crippen molar-refractivity contribution in [1.29, 1.82) is 0 Å². The van der Waals surface area contributed by atoms with Gasteiger partial charge in [0.15, 0.2) is 11.5 Å². The number of hydrogen-bond acceptors (Lipinski definition) is 6. The van der Waals surface area contributed by atoms with Gasteiger partial charge in [-0.15, -0.1) is 0 Å². The molecule has 6 heteroatoms. The van der Waals surface area contributed by atoms with Gasteiger partial charge in [-0.25, -0.2) is 15.4 Å². The highest BCUT2D eigenvalue weighted by molar-refractivity contribution is 5.81. The van der Waals surface area contributed by atoms with Crippen LogP contribution in [-0.2, 0) is 0 Å². The van der Waals surface area contributed by atoms with Crippen molar-refractivity contribution in [1.82, 2.24) is 9.97 Å². The van der Waals surface area contributed by atoms with E-state index in [2.05, 4.69) is 20.5 Å². The standard InChI is InChI=1S/C23H18N4O2/c28-21-12-11-16(13-22(21)29)15-24-27-23-25-19(17-7-3-1-4-8-17)14-20(26-23)18-9-5-2-6-10-18/h1-15,28-29H,(H,25,26,27)/b24-15+. The molecule has 6 nitrogen and oxygen atoms in total. The van der Waals surface area contributed by atoms with Gasteiger partial charge in [0.2, 0.25) is 5.95 Å². The first kappa shape index (κ1) is 18.2. The van der Waals surface area contributed by atoms with Crippen molar-refractivity contribution in [2.24, 2.45) is 5.10 Å². The lowest BCUT2D eigenvalue weighted by Crippen LogP contribution is -2.00. The zero-order chi connectivity index (χ0) is 20.1. The topological polar surface area (TPSA) is 90.6 Å². The molecule has 142 valence electrons. The Morgan fingerprint density at radius 2 is 1.28 bits per heavy atom. The van der Waals surface area contributed by atoms with Crippen LogP contribution < -0.4 is 5.43 Å². The third-order valence-corrected chi connectivity index (χ3v) is 4.24. The predicted molar refractivity (Wildman–Crippen MR) is 114 cm³/mol. The molecule has 0 aliphatic carbocycles. The number of nitrogens with one attached hydrogen (secondary N) is 1. The average Bonchev–Trinajstić information content (AvgIpc) is 2.77. The highest BCUT2D eigenvalue weighted by atomic mass is 16.3. The van der Waals surface area contributed by atoms with Gasteiger partial charge < -0.3 is 10.2 Å². The molecule has 0 unspecified atom stereocenters. The fourth-order valence-corrected chi connectivity index (χ4v) is 2.80. The van der Waals surface area contributed by atoms with Gasteiger partial charge in [0, 0.05) is 11.1 Å². The minimum Gasteiger partial charge on any atom is -0.504 e. The van der Waals surface area contributed by atoms with Crippen LogP contribution in [0.3, 0.4) is 0 Å². The molecular weight excluding hydrogens is 364 g/mol. The molecule has 3 aromatic carbocycles. The van der Waals surface area contributed by atoms with Crippen molar-refractivity contribution >= 4 is 12.2 Å². The molecule has 0 amide bonds. The molecule has 0 spiro atoms. The third kappa shape index (κ3) is 4.39. The Balaban J connectivity index is 1.66. The lowest BCUT2D eigenvalue weighted by Gasteiger charge is -2.08. The lowest BCUT2D eigenvalue weighted by molar-refractivity contribution is 0.403. The highest BCUT2D eigenvalue weighted by Gasteiger charge is 2.08. The van der Waals surface area contributed by atoms with Crippen molar-refractivity contribution in [2.75, 3.05) is 5.43 Å². The maximum atomic E-state index is 9.58. The fourth-order valence-electron chi connectivity index (χ4n) is 2.80. The average molecular weight is 382 g/mol. The van der Waals surface area contributed by atoms with Crippen molar-refractivity contribution in [3.63, 3.8) is 0 Å². The van der Waals surface area contributed by atoms with E-state index in [1.54, 1.807) is 6.07 Å². The van der Waals surface area contributed by atoms with Crippen LogP contribution in [0.5, 0.6) is 11.5 Å². The molecule has 0 bridgehead atoms. The molecule has 29 heavy (non-hydrogen) atoms. The van der Waals surface area contributed by atoms with E-state index < -0.39 is 0 Å². The summed E-state index contributed by atoms with van der Waals surface area (Å²) in [6, 6.07) is 26.1. The SMILES string of the molecule is Oc1ccc(/C=N/Nc2nc(-c3ccccc3)cc(-c3ccccc3)n2)cc1O. The number of phenolic OH excluding ortho intramolecular Hbond substituents is 2. The molecule has 1 heterocycles. The molecule has 0 saturated heterocycles. The summed E-state index contributed by atoms with van der Waals surface area (Å²) in [5.41, 5.74) is 6.97. The molecular formula is C23H18N4O2. The predicted octanol–water partition coefficient (Wildman–Crippen LogP) is 4.67. The van der Waals surface area contributed by atoms with Crippen LogP contribution >= 0.6 is 0 Å². The van der Waals surface area contributed by atoms with Crippen LogP contribution in [0.25, 0.3) is 22.5 Å². The summed E-state index contributed by atoms with van der Waals surface area (Å²) < 4.78 is 0. The number of hydrazone groups is 1. The van der Waals surface area contributed by atoms with Gasteiger partial charge in [-0.1, -0.05) is 60.7 Å². The van der Waals surface area contributed by atoms with Crippen molar-refractivity contribution in [2.45, 2.75) is 0 Å². The van der Waals surface area contributed by atoms with Crippen molar-refractivity contribution < 1.29 is 10.2 Å². The number of phenols is 2. The molecule has 0 aliphatic rings. The van der Waals surface area contributed by atoms with Gasteiger partial charge in [-0.3, -0.25) is 0 Å². The summed E-state index contributed by atoms with van der Waals surface area (Å²) in [6.07, 6.45) is 1.51. The normalized spacial score (nSPS) is 10.9. The van der Waals surface area contributed by atoms with Gasteiger partial charge in [0.25, 0.3) is 0 Å². The van der Waals surface area contributed by atoms with E-state index in [9.17, 15) is 10.2 Å². The molecule has 3 N–H and O–H groups in total. The van der Waals surface area contributed by atoms with Crippen LogP contribution in [0, 0.1) is 0 Å². The number of anilines is 1. The first-order valence-electron chi connectivity index (χ1n) is 9.00. The smallest absolute Gasteiger partial charge is 0.244 e. The minimum absolute atomic E-state index is 0.179. The molecule has 1 aromatic heterocycles. The van der Waals surface area contributed by atoms with Crippen LogP contribution in [0.2, 0.25) is 0 Å². The van der Waals surface area contributed by atoms with Gasteiger partial charge >= 0.3 is 0 Å². The van der Waals surface area contributed by atoms with E-state index >= 15 is 0 Å². The Morgan fingerprint density at radius 3 is 1.83 bits per heavy atom. The van der Waals surface area contributed by atoms with Crippen LogP contribution in [0.4, 0.5) is 5.95 Å². The Labute approximate surface area is 167 Å². The van der Waals surface area contributed by atoms with Gasteiger partial charge in [-0.05, 0) is 29.8 Å². The molecule has 0 fully saturated rings. The fraction of sp³-hybridized carbons (Fsp3) is 0. The Hall–Kier alpha value is -4.19. The molecule has 0 saturated carbocycles. The summed E-state index contributed by atoms with van der Waals surface area (Å²) in [4.78, 5) is 9.13. The third-order valence-electron chi connectivity index (χ3n) is 4.24. The van der Waals surface area contributed by atoms with Gasteiger partial charge in [0.1, 0.15) is 0 Å². The maximum Gasteiger partial charge on any atom is 0.244 e. The van der Waals surface area contributed by atoms with Crippen LogP contribution in [0.1, 0.15) is 5.56 Å². The Kier molecular flexibility index (Phi) is 5.16. The van der Waals surface area contributed by atoms with E-state index in [1.807, 2.05) is 66.7 Å². The first-order valence-corrected chi connectivity index (χ1v) is 9.00. The zero-order valence-corrected chi connectivity index (χ0v) is 15.4. The summed E-state index contributed by atoms with van der Waals surface area (Å²) in [6.45, 7) is 0. The van der Waals surface area contributed by atoms with Gasteiger partial charge in [-0.2, -0.15) is 5.10 Å². The lowest BCUT2D eigenvalue weighted by atomic mass is 10.1. The summed E-state index contributed by atoms with van der Waals surface area (Å²) in [5.74, 6) is -0.0337. The molecule has 0 atom stereocenters. The summed E-state index contributed by atoms with van der Waals surface area (Å²) in [5, 5.41) is 23.1. The molecule has 0 aliphatic heterocycles. The quantitative estimate of drug-likeness (QED) is 0.265. The molecule has 0 radical (unpaired) electrons. The van der Waals surface area contributed by atoms with E-state index in [0.29, 0.717) is 11.5 Å². The van der Waals surface area contributed by atoms with E-state index in [-0.39, 0.29) is 11.5 Å².